The Hall–Kier alpha value is -4.08. The van der Waals surface area contributed by atoms with Crippen LogP contribution in [0.2, 0.25) is 0 Å². The number of piperazine rings is 1. The molecule has 0 aliphatic carbocycles. The van der Waals surface area contributed by atoms with Crippen LogP contribution in [0.3, 0.4) is 0 Å². The van der Waals surface area contributed by atoms with Crippen LogP contribution in [0.5, 0.6) is 0 Å². The summed E-state index contributed by atoms with van der Waals surface area (Å²) in [6, 6.07) is 15.1. The molecule has 1 amide bonds. The van der Waals surface area contributed by atoms with Crippen LogP contribution >= 0.6 is 0 Å². The molecule has 30 heavy (non-hydrogen) atoms. The molecule has 0 N–H and O–H groups in total. The highest BCUT2D eigenvalue weighted by Crippen LogP contribution is 2.17. The van der Waals surface area contributed by atoms with Crippen molar-refractivity contribution in [3.8, 4) is 11.5 Å². The SMILES string of the molecule is O=C(c1cccc(-n2cnnn2)c1)N1CCN(c2ccc(-n3cccc3)nn2)CC1. The molecule has 1 saturated heterocycles. The number of hydrogen-bond acceptors (Lipinski definition) is 7. The van der Waals surface area contributed by atoms with E-state index in [0.717, 1.165) is 17.3 Å². The van der Waals surface area contributed by atoms with Gasteiger partial charge in [-0.25, -0.2) is 4.68 Å². The van der Waals surface area contributed by atoms with Crippen LogP contribution in [0.4, 0.5) is 5.82 Å². The van der Waals surface area contributed by atoms with E-state index in [4.69, 9.17) is 0 Å². The van der Waals surface area contributed by atoms with E-state index in [-0.39, 0.29) is 5.91 Å². The minimum atomic E-state index is -0.00128. The van der Waals surface area contributed by atoms with Gasteiger partial charge >= 0.3 is 0 Å². The molecule has 0 radical (unpaired) electrons. The van der Waals surface area contributed by atoms with Gasteiger partial charge in [-0.3, -0.25) is 4.79 Å². The number of rotatable bonds is 4. The molecule has 1 aliphatic heterocycles. The average molecular weight is 401 g/mol. The highest BCUT2D eigenvalue weighted by molar-refractivity contribution is 5.95. The van der Waals surface area contributed by atoms with Gasteiger partial charge in [0.15, 0.2) is 11.6 Å². The summed E-state index contributed by atoms with van der Waals surface area (Å²) >= 11 is 0. The third kappa shape index (κ3) is 3.50. The van der Waals surface area contributed by atoms with Gasteiger partial charge < -0.3 is 14.4 Å². The van der Waals surface area contributed by atoms with E-state index in [9.17, 15) is 4.79 Å². The summed E-state index contributed by atoms with van der Waals surface area (Å²) < 4.78 is 3.45. The standard InChI is InChI=1S/C20H19N9O/c30-20(16-4-3-5-17(14-16)29-15-21-24-25-29)28-12-10-27(11-13-28)19-7-6-18(22-23-19)26-8-1-2-9-26/h1-9,14-15H,10-13H2. The quantitative estimate of drug-likeness (QED) is 0.507. The lowest BCUT2D eigenvalue weighted by Gasteiger charge is -2.35. The number of tetrazole rings is 1. The first kappa shape index (κ1) is 18.0. The van der Waals surface area contributed by atoms with E-state index in [2.05, 4.69) is 30.6 Å². The molecule has 3 aromatic heterocycles. The van der Waals surface area contributed by atoms with Gasteiger partial charge in [0, 0.05) is 44.1 Å². The lowest BCUT2D eigenvalue weighted by Crippen LogP contribution is -2.49. The second kappa shape index (κ2) is 7.74. The summed E-state index contributed by atoms with van der Waals surface area (Å²) in [4.78, 5) is 17.0. The normalized spacial score (nSPS) is 14.1. The summed E-state index contributed by atoms with van der Waals surface area (Å²) in [7, 11) is 0. The van der Waals surface area contributed by atoms with E-state index in [0.29, 0.717) is 31.7 Å². The predicted octanol–water partition coefficient (Wildman–Crippen LogP) is 1.21. The van der Waals surface area contributed by atoms with Crippen LogP contribution in [0.25, 0.3) is 11.5 Å². The molecule has 5 rings (SSSR count). The first-order valence-electron chi connectivity index (χ1n) is 9.63. The molecule has 4 heterocycles. The van der Waals surface area contributed by atoms with Gasteiger partial charge in [-0.15, -0.1) is 15.3 Å². The van der Waals surface area contributed by atoms with Gasteiger partial charge in [-0.05, 0) is 52.9 Å². The minimum Gasteiger partial charge on any atom is -0.352 e. The van der Waals surface area contributed by atoms with Crippen molar-refractivity contribution in [2.75, 3.05) is 31.1 Å². The smallest absolute Gasteiger partial charge is 0.254 e. The highest BCUT2D eigenvalue weighted by atomic mass is 16.2. The lowest BCUT2D eigenvalue weighted by atomic mass is 10.1. The number of benzene rings is 1. The second-order valence-corrected chi connectivity index (χ2v) is 6.92. The Morgan fingerprint density at radius 1 is 0.867 bits per heavy atom. The van der Waals surface area contributed by atoms with Crippen LogP contribution in [-0.4, -0.2) is 72.0 Å². The van der Waals surface area contributed by atoms with Crippen molar-refractivity contribution in [1.82, 2.24) is 39.9 Å². The zero-order chi connectivity index (χ0) is 20.3. The van der Waals surface area contributed by atoms with Gasteiger partial charge in [-0.1, -0.05) is 6.07 Å². The largest absolute Gasteiger partial charge is 0.352 e. The van der Waals surface area contributed by atoms with Crippen LogP contribution in [0.15, 0.2) is 67.3 Å². The van der Waals surface area contributed by atoms with Crippen molar-refractivity contribution in [3.63, 3.8) is 0 Å². The van der Waals surface area contributed by atoms with E-state index in [1.165, 1.54) is 11.0 Å². The summed E-state index contributed by atoms with van der Waals surface area (Å²) in [5.41, 5.74) is 1.37. The summed E-state index contributed by atoms with van der Waals surface area (Å²) in [5.74, 6) is 1.59. The number of carbonyl (C=O) groups excluding carboxylic acids is 1. The van der Waals surface area contributed by atoms with Gasteiger partial charge in [0.05, 0.1) is 5.69 Å². The maximum Gasteiger partial charge on any atom is 0.254 e. The molecule has 1 aromatic carbocycles. The molecular weight excluding hydrogens is 382 g/mol. The topological polar surface area (TPSA) is 97.9 Å². The fourth-order valence-electron chi connectivity index (χ4n) is 3.49. The summed E-state index contributed by atoms with van der Waals surface area (Å²) in [6.45, 7) is 2.65. The molecule has 0 spiro atoms. The Kier molecular flexibility index (Phi) is 4.64. The van der Waals surface area contributed by atoms with Crippen molar-refractivity contribution in [3.05, 3.63) is 72.8 Å². The van der Waals surface area contributed by atoms with Crippen LogP contribution < -0.4 is 4.90 Å². The van der Waals surface area contributed by atoms with Gasteiger partial charge in [-0.2, -0.15) is 0 Å². The first-order chi connectivity index (χ1) is 14.8. The van der Waals surface area contributed by atoms with Crippen molar-refractivity contribution in [2.45, 2.75) is 0 Å². The van der Waals surface area contributed by atoms with Crippen molar-refractivity contribution >= 4 is 11.7 Å². The van der Waals surface area contributed by atoms with E-state index in [1.807, 2.05) is 64.3 Å². The van der Waals surface area contributed by atoms with Gasteiger partial charge in [0.2, 0.25) is 0 Å². The number of amides is 1. The molecule has 0 bridgehead atoms. The fraction of sp³-hybridized carbons (Fsp3) is 0.200. The minimum absolute atomic E-state index is 0.00128. The van der Waals surface area contributed by atoms with E-state index < -0.39 is 0 Å². The molecule has 0 atom stereocenters. The summed E-state index contributed by atoms with van der Waals surface area (Å²) in [6.07, 6.45) is 5.37. The third-order valence-corrected chi connectivity index (χ3v) is 5.10. The molecule has 1 aliphatic rings. The second-order valence-electron chi connectivity index (χ2n) is 6.92. The molecular formula is C20H19N9O. The first-order valence-corrected chi connectivity index (χ1v) is 9.63. The number of anilines is 1. The van der Waals surface area contributed by atoms with E-state index in [1.54, 1.807) is 6.07 Å². The Labute approximate surface area is 172 Å². The number of nitrogens with zero attached hydrogens (tertiary/aromatic N) is 9. The molecule has 0 unspecified atom stereocenters. The summed E-state index contributed by atoms with van der Waals surface area (Å²) in [5, 5.41) is 19.8. The van der Waals surface area contributed by atoms with Crippen molar-refractivity contribution in [1.29, 1.82) is 0 Å². The molecule has 0 saturated carbocycles. The molecule has 10 heteroatoms. The monoisotopic (exact) mass is 401 g/mol. The predicted molar refractivity (Wildman–Crippen MR) is 109 cm³/mol. The number of hydrogen-bond donors (Lipinski definition) is 0. The molecule has 1 fully saturated rings. The van der Waals surface area contributed by atoms with Crippen LogP contribution in [0, 0.1) is 0 Å². The zero-order valence-corrected chi connectivity index (χ0v) is 16.1. The Morgan fingerprint density at radius 2 is 1.63 bits per heavy atom. The lowest BCUT2D eigenvalue weighted by molar-refractivity contribution is 0.0746. The van der Waals surface area contributed by atoms with Gasteiger partial charge in [0.25, 0.3) is 5.91 Å². The van der Waals surface area contributed by atoms with Crippen LogP contribution in [-0.2, 0) is 0 Å². The van der Waals surface area contributed by atoms with E-state index >= 15 is 0 Å². The third-order valence-electron chi connectivity index (χ3n) is 5.10. The van der Waals surface area contributed by atoms with Crippen molar-refractivity contribution < 1.29 is 4.79 Å². The Balaban J connectivity index is 1.24. The van der Waals surface area contributed by atoms with Crippen molar-refractivity contribution in [2.24, 2.45) is 0 Å². The Bertz CT molecular complexity index is 1120. The molecule has 150 valence electrons. The zero-order valence-electron chi connectivity index (χ0n) is 16.1. The molecule has 4 aromatic rings. The number of carbonyl (C=O) groups is 1. The maximum absolute atomic E-state index is 13.0. The van der Waals surface area contributed by atoms with Gasteiger partial charge in [0.1, 0.15) is 6.33 Å². The maximum atomic E-state index is 13.0. The molecule has 10 nitrogen and oxygen atoms in total. The number of aromatic nitrogens is 7. The fourth-order valence-corrected chi connectivity index (χ4v) is 3.49. The average Bonchev–Trinajstić information content (AvgIpc) is 3.54. The van der Waals surface area contributed by atoms with Crippen LogP contribution in [0.1, 0.15) is 10.4 Å². The Morgan fingerprint density at radius 3 is 2.33 bits per heavy atom. The highest BCUT2D eigenvalue weighted by Gasteiger charge is 2.23.